The summed E-state index contributed by atoms with van der Waals surface area (Å²) in [5.41, 5.74) is 0.984. The second kappa shape index (κ2) is 7.67. The Labute approximate surface area is 174 Å². The van der Waals surface area contributed by atoms with Gasteiger partial charge in [0.15, 0.2) is 17.3 Å². The van der Waals surface area contributed by atoms with Gasteiger partial charge < -0.3 is 14.0 Å². The van der Waals surface area contributed by atoms with Crippen LogP contribution in [0.4, 0.5) is 5.88 Å². The van der Waals surface area contributed by atoms with Gasteiger partial charge in [0.05, 0.1) is 31.2 Å². The van der Waals surface area contributed by atoms with Crippen LogP contribution in [0.1, 0.15) is 28.0 Å². The number of nitrogens with one attached hydrogen (secondary N) is 1. The molecule has 30 heavy (non-hydrogen) atoms. The van der Waals surface area contributed by atoms with E-state index in [-0.39, 0.29) is 17.6 Å². The zero-order valence-electron chi connectivity index (χ0n) is 17.0. The van der Waals surface area contributed by atoms with Crippen LogP contribution in [-0.2, 0) is 10.2 Å². The SMILES string of the molecule is COc1ccc(C(=O)C2(c3ccccc3)CC2C(=O)Nc2cc(C)no2)cc1OC. The van der Waals surface area contributed by atoms with E-state index in [1.807, 2.05) is 30.3 Å². The summed E-state index contributed by atoms with van der Waals surface area (Å²) in [7, 11) is 3.06. The molecule has 7 nitrogen and oxygen atoms in total. The monoisotopic (exact) mass is 406 g/mol. The molecule has 154 valence electrons. The number of anilines is 1. The zero-order chi connectivity index (χ0) is 21.3. The van der Waals surface area contributed by atoms with Crippen molar-refractivity contribution in [3.05, 3.63) is 71.4 Å². The maximum Gasteiger partial charge on any atom is 0.231 e. The van der Waals surface area contributed by atoms with E-state index < -0.39 is 11.3 Å². The van der Waals surface area contributed by atoms with E-state index in [0.29, 0.717) is 29.2 Å². The van der Waals surface area contributed by atoms with Crippen LogP contribution in [-0.4, -0.2) is 31.1 Å². The highest BCUT2D eigenvalue weighted by molar-refractivity contribution is 6.12. The number of ketones is 1. The Morgan fingerprint density at radius 2 is 1.80 bits per heavy atom. The van der Waals surface area contributed by atoms with Gasteiger partial charge in [-0.3, -0.25) is 14.9 Å². The van der Waals surface area contributed by atoms with Gasteiger partial charge >= 0.3 is 0 Å². The van der Waals surface area contributed by atoms with Crippen molar-refractivity contribution in [2.45, 2.75) is 18.8 Å². The molecule has 2 aromatic carbocycles. The number of hydrogen-bond acceptors (Lipinski definition) is 6. The number of Topliss-reactive ketones (excluding diaryl/α,β-unsaturated/α-hetero) is 1. The highest BCUT2D eigenvalue weighted by Gasteiger charge is 2.64. The van der Waals surface area contributed by atoms with Crippen molar-refractivity contribution >= 4 is 17.6 Å². The third kappa shape index (κ3) is 3.32. The smallest absolute Gasteiger partial charge is 0.231 e. The number of nitrogens with zero attached hydrogens (tertiary/aromatic N) is 1. The molecule has 1 aliphatic rings. The van der Waals surface area contributed by atoms with Crippen LogP contribution in [0.15, 0.2) is 59.1 Å². The third-order valence-corrected chi connectivity index (χ3v) is 5.49. The van der Waals surface area contributed by atoms with Crippen LogP contribution in [0.25, 0.3) is 0 Å². The summed E-state index contributed by atoms with van der Waals surface area (Å²) in [4.78, 5) is 26.6. The van der Waals surface area contributed by atoms with Crippen molar-refractivity contribution in [1.29, 1.82) is 0 Å². The van der Waals surface area contributed by atoms with E-state index in [4.69, 9.17) is 14.0 Å². The minimum Gasteiger partial charge on any atom is -0.493 e. The molecular formula is C23H22N2O5. The third-order valence-electron chi connectivity index (χ3n) is 5.49. The largest absolute Gasteiger partial charge is 0.493 e. The summed E-state index contributed by atoms with van der Waals surface area (Å²) < 4.78 is 15.7. The number of rotatable bonds is 7. The number of carbonyl (C=O) groups is 2. The van der Waals surface area contributed by atoms with Gasteiger partial charge in [0.25, 0.3) is 0 Å². The molecule has 1 amide bonds. The van der Waals surface area contributed by atoms with Gasteiger partial charge in [0.1, 0.15) is 0 Å². The fourth-order valence-corrected chi connectivity index (χ4v) is 3.88. The van der Waals surface area contributed by atoms with Crippen molar-refractivity contribution in [3.63, 3.8) is 0 Å². The van der Waals surface area contributed by atoms with Gasteiger partial charge in [-0.1, -0.05) is 35.5 Å². The van der Waals surface area contributed by atoms with Gasteiger partial charge in [0.2, 0.25) is 11.8 Å². The Kier molecular flexibility index (Phi) is 5.03. The Balaban J connectivity index is 1.68. The molecule has 1 heterocycles. The fourth-order valence-electron chi connectivity index (χ4n) is 3.88. The zero-order valence-corrected chi connectivity index (χ0v) is 17.0. The van der Waals surface area contributed by atoms with E-state index in [1.54, 1.807) is 31.2 Å². The molecule has 0 aliphatic heterocycles. The number of hydrogen-bond donors (Lipinski definition) is 1. The average Bonchev–Trinajstić information content (AvgIpc) is 3.42. The molecule has 2 unspecified atom stereocenters. The molecule has 4 rings (SSSR count). The van der Waals surface area contributed by atoms with Crippen molar-refractivity contribution in [1.82, 2.24) is 5.16 Å². The molecule has 1 aromatic heterocycles. The number of methoxy groups -OCH3 is 2. The lowest BCUT2D eigenvalue weighted by molar-refractivity contribution is -0.117. The first kappa shape index (κ1) is 19.7. The van der Waals surface area contributed by atoms with Crippen LogP contribution in [0, 0.1) is 12.8 Å². The Bertz CT molecular complexity index is 1090. The average molecular weight is 406 g/mol. The molecule has 0 saturated heterocycles. The second-order valence-corrected chi connectivity index (χ2v) is 7.31. The lowest BCUT2D eigenvalue weighted by atomic mass is 9.85. The molecule has 1 aliphatic carbocycles. The van der Waals surface area contributed by atoms with Crippen LogP contribution in [0.2, 0.25) is 0 Å². The minimum absolute atomic E-state index is 0.136. The number of amides is 1. The molecule has 0 spiro atoms. The number of aryl methyl sites for hydroxylation is 1. The molecule has 0 bridgehead atoms. The molecule has 0 radical (unpaired) electrons. The topological polar surface area (TPSA) is 90.7 Å². The Morgan fingerprint density at radius 3 is 2.43 bits per heavy atom. The number of ether oxygens (including phenoxy) is 2. The number of carbonyl (C=O) groups excluding carboxylic acids is 2. The van der Waals surface area contributed by atoms with E-state index in [1.165, 1.54) is 14.2 Å². The minimum atomic E-state index is -0.944. The first-order valence-corrected chi connectivity index (χ1v) is 9.56. The normalized spacial score (nSPS) is 19.8. The number of benzene rings is 2. The standard InChI is InChI=1S/C23H22N2O5/c1-14-11-20(30-25-14)24-22(27)17-13-23(17,16-7-5-4-6-8-16)21(26)15-9-10-18(28-2)19(12-15)29-3/h4-12,17H,13H2,1-3H3,(H,24,27). The second-order valence-electron chi connectivity index (χ2n) is 7.31. The van der Waals surface area contributed by atoms with Crippen molar-refractivity contribution < 1.29 is 23.6 Å². The first-order valence-electron chi connectivity index (χ1n) is 9.56. The van der Waals surface area contributed by atoms with Gasteiger partial charge in [0, 0.05) is 11.6 Å². The molecule has 2 atom stereocenters. The summed E-state index contributed by atoms with van der Waals surface area (Å²) in [6.07, 6.45) is 0.406. The number of aromatic nitrogens is 1. The Morgan fingerprint density at radius 1 is 1.07 bits per heavy atom. The van der Waals surface area contributed by atoms with Crippen LogP contribution >= 0.6 is 0 Å². The summed E-state index contributed by atoms with van der Waals surface area (Å²) in [6.45, 7) is 1.77. The molecule has 1 saturated carbocycles. The van der Waals surface area contributed by atoms with Crippen LogP contribution in [0.5, 0.6) is 11.5 Å². The lowest BCUT2D eigenvalue weighted by Gasteiger charge is -2.18. The van der Waals surface area contributed by atoms with Crippen LogP contribution in [0.3, 0.4) is 0 Å². The maximum atomic E-state index is 13.7. The highest BCUT2D eigenvalue weighted by atomic mass is 16.5. The highest BCUT2D eigenvalue weighted by Crippen LogP contribution is 2.57. The predicted molar refractivity (Wildman–Crippen MR) is 110 cm³/mol. The maximum absolute atomic E-state index is 13.7. The van der Waals surface area contributed by atoms with Crippen molar-refractivity contribution in [3.8, 4) is 11.5 Å². The Hall–Kier alpha value is -3.61. The van der Waals surface area contributed by atoms with E-state index in [0.717, 1.165) is 5.56 Å². The lowest BCUT2D eigenvalue weighted by Crippen LogP contribution is -2.28. The summed E-state index contributed by atoms with van der Waals surface area (Å²) in [5.74, 6) is 0.335. The quantitative estimate of drug-likeness (QED) is 0.601. The molecule has 1 N–H and O–H groups in total. The van der Waals surface area contributed by atoms with E-state index in [2.05, 4.69) is 10.5 Å². The summed E-state index contributed by atoms with van der Waals surface area (Å²) >= 11 is 0. The van der Waals surface area contributed by atoms with Gasteiger partial charge in [-0.15, -0.1) is 0 Å². The van der Waals surface area contributed by atoms with E-state index in [9.17, 15) is 9.59 Å². The summed E-state index contributed by atoms with van der Waals surface area (Å²) in [6, 6.07) is 16.1. The van der Waals surface area contributed by atoms with Crippen molar-refractivity contribution in [2.75, 3.05) is 19.5 Å². The first-order chi connectivity index (χ1) is 14.5. The predicted octanol–water partition coefficient (Wildman–Crippen LogP) is 3.78. The van der Waals surface area contributed by atoms with Crippen LogP contribution < -0.4 is 14.8 Å². The summed E-state index contributed by atoms with van der Waals surface area (Å²) in [5, 5.41) is 6.51. The van der Waals surface area contributed by atoms with E-state index >= 15 is 0 Å². The fraction of sp³-hybridized carbons (Fsp3) is 0.261. The molecule has 3 aromatic rings. The molecular weight excluding hydrogens is 384 g/mol. The van der Waals surface area contributed by atoms with Gasteiger partial charge in [-0.05, 0) is 37.1 Å². The van der Waals surface area contributed by atoms with Gasteiger partial charge in [-0.25, -0.2) is 0 Å². The molecule has 1 fully saturated rings. The van der Waals surface area contributed by atoms with Gasteiger partial charge in [-0.2, -0.15) is 0 Å². The molecule has 7 heteroatoms. The van der Waals surface area contributed by atoms with Crippen molar-refractivity contribution in [2.24, 2.45) is 5.92 Å².